The number of hydrogen-bond donors (Lipinski definition) is 0. The van der Waals surface area contributed by atoms with Gasteiger partial charge in [-0.2, -0.15) is 0 Å². The third kappa shape index (κ3) is 5.42. The lowest BCUT2D eigenvalue weighted by molar-refractivity contribution is -0.162. The largest absolute Gasteiger partial charge is 0.466 e. The van der Waals surface area contributed by atoms with E-state index in [0.717, 1.165) is 69.1 Å². The van der Waals surface area contributed by atoms with E-state index in [1.54, 1.807) is 11.8 Å². The van der Waals surface area contributed by atoms with E-state index in [2.05, 4.69) is 14.9 Å². The summed E-state index contributed by atoms with van der Waals surface area (Å²) in [5.74, 6) is -0.0357. The molecule has 1 aromatic rings. The number of piperidine rings is 1. The Labute approximate surface area is 166 Å². The van der Waals surface area contributed by atoms with Crippen molar-refractivity contribution < 1.29 is 14.3 Å². The molecule has 150 valence electrons. The molecule has 0 bridgehead atoms. The highest BCUT2D eigenvalue weighted by Gasteiger charge is 2.44. The van der Waals surface area contributed by atoms with Gasteiger partial charge in [0.15, 0.2) is 5.16 Å². The number of hydrogen-bond acceptors (Lipinski definition) is 7. The molecule has 0 aromatic carbocycles. The van der Waals surface area contributed by atoms with Crippen LogP contribution in [0.15, 0.2) is 17.6 Å². The lowest BCUT2D eigenvalue weighted by Gasteiger charge is -2.42. The van der Waals surface area contributed by atoms with E-state index in [4.69, 9.17) is 9.47 Å². The topological polar surface area (TPSA) is 64.6 Å². The van der Waals surface area contributed by atoms with Gasteiger partial charge in [-0.05, 0) is 64.8 Å². The van der Waals surface area contributed by atoms with E-state index in [1.165, 1.54) is 6.42 Å². The predicted molar refractivity (Wildman–Crippen MR) is 106 cm³/mol. The molecule has 6 nitrogen and oxygen atoms in total. The highest BCUT2D eigenvalue weighted by molar-refractivity contribution is 7.98. The van der Waals surface area contributed by atoms with Crippen LogP contribution in [0.25, 0.3) is 0 Å². The number of ether oxygens (including phenoxy) is 2. The Morgan fingerprint density at radius 1 is 1.33 bits per heavy atom. The molecule has 0 saturated carbocycles. The van der Waals surface area contributed by atoms with E-state index in [-0.39, 0.29) is 12.1 Å². The van der Waals surface area contributed by atoms with Gasteiger partial charge in [0.2, 0.25) is 0 Å². The third-order valence-electron chi connectivity index (χ3n) is 5.68. The summed E-state index contributed by atoms with van der Waals surface area (Å²) in [6, 6.07) is 0. The van der Waals surface area contributed by atoms with Crippen molar-refractivity contribution in [2.45, 2.75) is 63.3 Å². The molecule has 2 saturated heterocycles. The van der Waals surface area contributed by atoms with Crippen molar-refractivity contribution in [3.63, 3.8) is 0 Å². The zero-order chi connectivity index (χ0) is 19.1. The first kappa shape index (κ1) is 20.6. The van der Waals surface area contributed by atoms with Crippen molar-refractivity contribution in [2.75, 3.05) is 32.6 Å². The minimum absolute atomic E-state index is 0.0357. The summed E-state index contributed by atoms with van der Waals surface area (Å²) in [5, 5.41) is 0.797. The molecule has 2 aliphatic heterocycles. The maximum absolute atomic E-state index is 12.8. The second kappa shape index (κ2) is 9.85. The van der Waals surface area contributed by atoms with E-state index in [0.29, 0.717) is 6.61 Å². The quantitative estimate of drug-likeness (QED) is 0.400. The highest BCUT2D eigenvalue weighted by Crippen LogP contribution is 2.40. The SMILES string of the molecule is CCOC(=O)C1(CC2CCCCO2)CCN(Cc2cnc(SC)nc2)CC1. The number of rotatable bonds is 7. The second-order valence-corrected chi connectivity index (χ2v) is 8.32. The van der Waals surface area contributed by atoms with E-state index >= 15 is 0 Å². The molecule has 2 aliphatic rings. The Kier molecular flexibility index (Phi) is 7.49. The smallest absolute Gasteiger partial charge is 0.312 e. The van der Waals surface area contributed by atoms with Gasteiger partial charge in [-0.25, -0.2) is 9.97 Å². The number of thioether (sulfide) groups is 1. The molecular weight excluding hydrogens is 362 g/mol. The van der Waals surface area contributed by atoms with Gasteiger partial charge >= 0.3 is 5.97 Å². The molecule has 0 N–H and O–H groups in total. The molecule has 1 atom stereocenters. The van der Waals surface area contributed by atoms with Crippen LogP contribution in [0.5, 0.6) is 0 Å². The Hall–Kier alpha value is -1.18. The average molecular weight is 394 g/mol. The number of nitrogens with zero attached hydrogens (tertiary/aromatic N) is 3. The van der Waals surface area contributed by atoms with Crippen molar-refractivity contribution in [1.29, 1.82) is 0 Å². The molecular formula is C20H31N3O3S. The summed E-state index contributed by atoms with van der Waals surface area (Å²) in [4.78, 5) is 23.9. The Morgan fingerprint density at radius 2 is 2.07 bits per heavy atom. The predicted octanol–water partition coefficient (Wildman–Crippen LogP) is 3.30. The van der Waals surface area contributed by atoms with Crippen molar-refractivity contribution in [3.05, 3.63) is 18.0 Å². The minimum Gasteiger partial charge on any atom is -0.466 e. The van der Waals surface area contributed by atoms with Gasteiger partial charge in [0.1, 0.15) is 0 Å². The maximum atomic E-state index is 12.8. The summed E-state index contributed by atoms with van der Waals surface area (Å²) >= 11 is 1.55. The van der Waals surface area contributed by atoms with Crippen molar-refractivity contribution in [3.8, 4) is 0 Å². The summed E-state index contributed by atoms with van der Waals surface area (Å²) in [6.45, 7) is 5.74. The van der Waals surface area contributed by atoms with Crippen LogP contribution in [0, 0.1) is 5.41 Å². The average Bonchev–Trinajstić information content (AvgIpc) is 2.71. The summed E-state index contributed by atoms with van der Waals surface area (Å²) in [5.41, 5.74) is 0.723. The zero-order valence-electron chi connectivity index (χ0n) is 16.5. The van der Waals surface area contributed by atoms with E-state index < -0.39 is 5.41 Å². The van der Waals surface area contributed by atoms with Crippen LogP contribution in [-0.2, 0) is 20.8 Å². The fourth-order valence-corrected chi connectivity index (χ4v) is 4.42. The van der Waals surface area contributed by atoms with E-state index in [1.807, 2.05) is 25.6 Å². The monoisotopic (exact) mass is 393 g/mol. The lowest BCUT2D eigenvalue weighted by atomic mass is 9.73. The van der Waals surface area contributed by atoms with Gasteiger partial charge in [0.25, 0.3) is 0 Å². The fraction of sp³-hybridized carbons (Fsp3) is 0.750. The lowest BCUT2D eigenvalue weighted by Crippen LogP contribution is -2.47. The fourth-order valence-electron chi connectivity index (χ4n) is 4.11. The molecule has 1 aromatic heterocycles. The number of esters is 1. The van der Waals surface area contributed by atoms with Gasteiger partial charge in [-0.15, -0.1) is 0 Å². The molecule has 1 unspecified atom stereocenters. The van der Waals surface area contributed by atoms with Crippen LogP contribution in [0.4, 0.5) is 0 Å². The first-order valence-corrected chi connectivity index (χ1v) is 11.2. The van der Waals surface area contributed by atoms with Crippen LogP contribution in [0.1, 0.15) is 51.0 Å². The Morgan fingerprint density at radius 3 is 2.67 bits per heavy atom. The minimum atomic E-state index is -0.395. The summed E-state index contributed by atoms with van der Waals surface area (Å²) in [7, 11) is 0. The molecule has 0 spiro atoms. The first-order valence-electron chi connectivity index (χ1n) is 10.0. The van der Waals surface area contributed by atoms with Crippen LogP contribution >= 0.6 is 11.8 Å². The number of likely N-dealkylation sites (tertiary alicyclic amines) is 1. The molecule has 0 amide bonds. The molecule has 2 fully saturated rings. The molecule has 3 rings (SSSR count). The Balaban J connectivity index is 1.60. The molecule has 27 heavy (non-hydrogen) atoms. The summed E-state index contributed by atoms with van der Waals surface area (Å²) in [6.07, 6.45) is 11.8. The van der Waals surface area contributed by atoms with Crippen LogP contribution in [0.2, 0.25) is 0 Å². The highest BCUT2D eigenvalue weighted by atomic mass is 32.2. The van der Waals surface area contributed by atoms with E-state index in [9.17, 15) is 4.79 Å². The van der Waals surface area contributed by atoms with Crippen molar-refractivity contribution >= 4 is 17.7 Å². The van der Waals surface area contributed by atoms with Crippen LogP contribution in [0.3, 0.4) is 0 Å². The number of carbonyl (C=O) groups excluding carboxylic acids is 1. The second-order valence-electron chi connectivity index (χ2n) is 7.55. The third-order valence-corrected chi connectivity index (χ3v) is 6.26. The maximum Gasteiger partial charge on any atom is 0.312 e. The number of carbonyl (C=O) groups is 1. The molecule has 7 heteroatoms. The number of aromatic nitrogens is 2. The van der Waals surface area contributed by atoms with Gasteiger partial charge in [0, 0.05) is 31.1 Å². The van der Waals surface area contributed by atoms with Crippen LogP contribution < -0.4 is 0 Å². The standard InChI is InChI=1S/C20H31N3O3S/c1-3-25-18(24)20(12-17-6-4-5-11-26-17)7-9-23(10-8-20)15-16-13-21-19(27-2)22-14-16/h13-14,17H,3-12,15H2,1-2H3. The Bertz CT molecular complexity index is 597. The van der Waals surface area contributed by atoms with Gasteiger partial charge in [-0.1, -0.05) is 11.8 Å². The first-order chi connectivity index (χ1) is 13.1. The molecule has 0 aliphatic carbocycles. The van der Waals surface area contributed by atoms with Crippen molar-refractivity contribution in [2.24, 2.45) is 5.41 Å². The van der Waals surface area contributed by atoms with Crippen LogP contribution in [-0.4, -0.2) is 59.5 Å². The van der Waals surface area contributed by atoms with Gasteiger partial charge in [0.05, 0.1) is 18.1 Å². The normalized spacial score (nSPS) is 23.1. The molecule has 3 heterocycles. The van der Waals surface area contributed by atoms with Crippen molar-refractivity contribution in [1.82, 2.24) is 14.9 Å². The van der Waals surface area contributed by atoms with Gasteiger partial charge in [-0.3, -0.25) is 9.69 Å². The zero-order valence-corrected chi connectivity index (χ0v) is 17.3. The summed E-state index contributed by atoms with van der Waals surface area (Å²) < 4.78 is 11.4. The van der Waals surface area contributed by atoms with Gasteiger partial charge < -0.3 is 9.47 Å². The molecule has 0 radical (unpaired) electrons.